The molecule has 1 fully saturated rings. The van der Waals surface area contributed by atoms with Gasteiger partial charge in [0.15, 0.2) is 11.5 Å². The smallest absolute Gasteiger partial charge is 0.182 e. The number of H-pyrrole nitrogens is 1. The predicted molar refractivity (Wildman–Crippen MR) is 59.3 cm³/mol. The summed E-state index contributed by atoms with van der Waals surface area (Å²) in [5.41, 5.74) is 1.61. The third-order valence-corrected chi connectivity index (χ3v) is 2.84. The molecule has 0 bridgehead atoms. The molecule has 0 spiro atoms. The molecule has 84 valence electrons. The molecule has 1 aliphatic rings. The van der Waals surface area contributed by atoms with E-state index in [9.17, 15) is 0 Å². The van der Waals surface area contributed by atoms with Gasteiger partial charge in [0.2, 0.25) is 0 Å². The third kappa shape index (κ3) is 1.42. The third-order valence-electron chi connectivity index (χ3n) is 2.84. The Labute approximate surface area is 92.7 Å². The Morgan fingerprint density at radius 1 is 1.44 bits per heavy atom. The lowest BCUT2D eigenvalue weighted by atomic mass is 10.2. The fraction of sp³-hybridized carbons (Fsp3) is 0.500. The first-order valence-corrected chi connectivity index (χ1v) is 5.35. The van der Waals surface area contributed by atoms with Gasteiger partial charge in [-0.1, -0.05) is 0 Å². The molecule has 3 rings (SSSR count). The van der Waals surface area contributed by atoms with Crippen molar-refractivity contribution >= 4 is 17.0 Å². The number of aromatic nitrogens is 4. The van der Waals surface area contributed by atoms with Gasteiger partial charge in [0.05, 0.1) is 25.6 Å². The second-order valence-corrected chi connectivity index (χ2v) is 3.92. The molecule has 0 amide bonds. The van der Waals surface area contributed by atoms with Gasteiger partial charge in [0, 0.05) is 6.54 Å². The SMILES string of the molecule is C[C@@H]1COCCN1c1ncnc2nc[nH]c12. The Morgan fingerprint density at radius 3 is 3.25 bits per heavy atom. The van der Waals surface area contributed by atoms with Crippen LogP contribution in [0, 0.1) is 0 Å². The molecule has 0 saturated carbocycles. The first kappa shape index (κ1) is 9.53. The van der Waals surface area contributed by atoms with E-state index < -0.39 is 0 Å². The van der Waals surface area contributed by atoms with Crippen LogP contribution < -0.4 is 4.90 Å². The standard InChI is InChI=1S/C10H13N5O/c1-7-4-16-3-2-15(7)10-8-9(12-5-11-8)13-6-14-10/h5-7H,2-4H2,1H3,(H,11,12,13,14)/t7-/m1/s1. The summed E-state index contributed by atoms with van der Waals surface area (Å²) in [5.74, 6) is 0.915. The van der Waals surface area contributed by atoms with Crippen LogP contribution in [0.5, 0.6) is 0 Å². The van der Waals surface area contributed by atoms with Gasteiger partial charge in [-0.15, -0.1) is 0 Å². The van der Waals surface area contributed by atoms with Crippen molar-refractivity contribution in [2.45, 2.75) is 13.0 Å². The molecule has 16 heavy (non-hydrogen) atoms. The lowest BCUT2D eigenvalue weighted by Gasteiger charge is -2.34. The Hall–Kier alpha value is -1.69. The molecular weight excluding hydrogens is 206 g/mol. The molecular formula is C10H13N5O. The molecule has 3 heterocycles. The molecule has 2 aromatic heterocycles. The summed E-state index contributed by atoms with van der Waals surface area (Å²) >= 11 is 0. The van der Waals surface area contributed by atoms with E-state index in [0.29, 0.717) is 11.7 Å². The van der Waals surface area contributed by atoms with Gasteiger partial charge in [-0.25, -0.2) is 15.0 Å². The van der Waals surface area contributed by atoms with Crippen molar-refractivity contribution in [3.8, 4) is 0 Å². The number of rotatable bonds is 1. The molecule has 0 aliphatic carbocycles. The maximum Gasteiger partial charge on any atom is 0.182 e. The Kier molecular flexibility index (Phi) is 2.21. The Bertz CT molecular complexity index is 497. The number of fused-ring (bicyclic) bond motifs is 1. The summed E-state index contributed by atoms with van der Waals surface area (Å²) in [7, 11) is 0. The number of nitrogens with zero attached hydrogens (tertiary/aromatic N) is 4. The van der Waals surface area contributed by atoms with Crippen molar-refractivity contribution in [3.05, 3.63) is 12.7 Å². The highest BCUT2D eigenvalue weighted by Gasteiger charge is 2.22. The summed E-state index contributed by atoms with van der Waals surface area (Å²) in [6.07, 6.45) is 3.20. The molecule has 0 aromatic carbocycles. The molecule has 6 nitrogen and oxygen atoms in total. The van der Waals surface area contributed by atoms with E-state index in [4.69, 9.17) is 4.74 Å². The van der Waals surface area contributed by atoms with Crippen molar-refractivity contribution in [3.63, 3.8) is 0 Å². The van der Waals surface area contributed by atoms with E-state index in [1.165, 1.54) is 0 Å². The average molecular weight is 219 g/mol. The van der Waals surface area contributed by atoms with Gasteiger partial charge in [-0.2, -0.15) is 0 Å². The van der Waals surface area contributed by atoms with Crippen LogP contribution in [0.25, 0.3) is 11.2 Å². The summed E-state index contributed by atoms with van der Waals surface area (Å²) < 4.78 is 5.42. The number of hydrogen-bond donors (Lipinski definition) is 1. The summed E-state index contributed by atoms with van der Waals surface area (Å²) in [4.78, 5) is 17.9. The normalized spacial score (nSPS) is 21.6. The minimum Gasteiger partial charge on any atom is -0.377 e. The zero-order valence-electron chi connectivity index (χ0n) is 9.05. The lowest BCUT2D eigenvalue weighted by molar-refractivity contribution is 0.0986. The maximum atomic E-state index is 5.42. The fourth-order valence-corrected chi connectivity index (χ4v) is 2.01. The fourth-order valence-electron chi connectivity index (χ4n) is 2.01. The summed E-state index contributed by atoms with van der Waals surface area (Å²) in [5, 5.41) is 0. The van der Waals surface area contributed by atoms with E-state index in [1.807, 2.05) is 0 Å². The van der Waals surface area contributed by atoms with E-state index in [0.717, 1.165) is 31.1 Å². The number of ether oxygens (including phenoxy) is 1. The lowest BCUT2D eigenvalue weighted by Crippen LogP contribution is -2.44. The molecule has 1 aliphatic heterocycles. The molecule has 1 atom stereocenters. The number of imidazole rings is 1. The number of nitrogens with one attached hydrogen (secondary N) is 1. The van der Waals surface area contributed by atoms with Gasteiger partial charge in [-0.3, -0.25) is 0 Å². The second-order valence-electron chi connectivity index (χ2n) is 3.92. The van der Waals surface area contributed by atoms with Crippen molar-refractivity contribution in [1.82, 2.24) is 19.9 Å². The van der Waals surface area contributed by atoms with Gasteiger partial charge in [0.1, 0.15) is 11.8 Å². The van der Waals surface area contributed by atoms with Crippen molar-refractivity contribution in [1.29, 1.82) is 0 Å². The van der Waals surface area contributed by atoms with E-state index in [-0.39, 0.29) is 0 Å². The molecule has 0 radical (unpaired) electrons. The summed E-state index contributed by atoms with van der Waals surface area (Å²) in [6.45, 7) is 4.46. The van der Waals surface area contributed by atoms with Crippen LogP contribution in [0.3, 0.4) is 0 Å². The predicted octanol–water partition coefficient (Wildman–Crippen LogP) is 0.578. The van der Waals surface area contributed by atoms with Crippen molar-refractivity contribution in [2.24, 2.45) is 0 Å². The first-order chi connectivity index (χ1) is 7.86. The first-order valence-electron chi connectivity index (χ1n) is 5.35. The molecule has 1 N–H and O–H groups in total. The minimum absolute atomic E-state index is 0.329. The second kappa shape index (κ2) is 3.71. The highest BCUT2D eigenvalue weighted by Crippen LogP contribution is 2.22. The van der Waals surface area contributed by atoms with Gasteiger partial charge in [0.25, 0.3) is 0 Å². The quantitative estimate of drug-likeness (QED) is 0.759. The van der Waals surface area contributed by atoms with Crippen LogP contribution in [0.4, 0.5) is 5.82 Å². The Morgan fingerprint density at radius 2 is 2.38 bits per heavy atom. The highest BCUT2D eigenvalue weighted by atomic mass is 16.5. The molecule has 1 saturated heterocycles. The van der Waals surface area contributed by atoms with Crippen LogP contribution in [0.2, 0.25) is 0 Å². The van der Waals surface area contributed by atoms with Crippen LogP contribution in [-0.2, 0) is 4.74 Å². The minimum atomic E-state index is 0.329. The number of aromatic amines is 1. The van der Waals surface area contributed by atoms with E-state index >= 15 is 0 Å². The molecule has 0 unspecified atom stereocenters. The van der Waals surface area contributed by atoms with Crippen molar-refractivity contribution in [2.75, 3.05) is 24.7 Å². The van der Waals surface area contributed by atoms with E-state index in [2.05, 4.69) is 31.8 Å². The zero-order chi connectivity index (χ0) is 11.0. The van der Waals surface area contributed by atoms with Crippen LogP contribution in [0.1, 0.15) is 6.92 Å². The highest BCUT2D eigenvalue weighted by molar-refractivity contribution is 5.82. The summed E-state index contributed by atoms with van der Waals surface area (Å²) in [6, 6.07) is 0.329. The average Bonchev–Trinajstić information content (AvgIpc) is 2.77. The van der Waals surface area contributed by atoms with E-state index in [1.54, 1.807) is 12.7 Å². The van der Waals surface area contributed by atoms with Crippen molar-refractivity contribution < 1.29 is 4.74 Å². The Balaban J connectivity index is 2.07. The molecule has 2 aromatic rings. The number of morpholine rings is 1. The number of anilines is 1. The van der Waals surface area contributed by atoms with Crippen LogP contribution >= 0.6 is 0 Å². The van der Waals surface area contributed by atoms with Gasteiger partial charge < -0.3 is 14.6 Å². The van der Waals surface area contributed by atoms with Crippen LogP contribution in [-0.4, -0.2) is 45.7 Å². The zero-order valence-corrected chi connectivity index (χ0v) is 9.05. The molecule has 6 heteroatoms. The van der Waals surface area contributed by atoms with Crippen LogP contribution in [0.15, 0.2) is 12.7 Å². The largest absolute Gasteiger partial charge is 0.377 e. The van der Waals surface area contributed by atoms with Gasteiger partial charge in [-0.05, 0) is 6.92 Å². The monoisotopic (exact) mass is 219 g/mol. The van der Waals surface area contributed by atoms with Gasteiger partial charge >= 0.3 is 0 Å². The maximum absolute atomic E-state index is 5.42. The topological polar surface area (TPSA) is 66.9 Å². The number of hydrogen-bond acceptors (Lipinski definition) is 5.